The predicted molar refractivity (Wildman–Crippen MR) is 68.4 cm³/mol. The highest BCUT2D eigenvalue weighted by Gasteiger charge is 2.13. The first-order valence-electron chi connectivity index (χ1n) is 5.42. The molecule has 1 aromatic carbocycles. The summed E-state index contributed by atoms with van der Waals surface area (Å²) < 4.78 is 12.9. The van der Waals surface area contributed by atoms with Crippen LogP contribution >= 0.6 is 0 Å². The molecule has 1 atom stereocenters. The number of benzene rings is 1. The van der Waals surface area contributed by atoms with Crippen LogP contribution in [-0.4, -0.2) is 38.5 Å². The standard InChI is InChI=1S/C12H19FN4/c1-15-12(14)16-8-11(17(2)3)9-4-6-10(13)7-5-9/h4-7,11H,8H2,1-3H3,(H3,14,15,16). The van der Waals surface area contributed by atoms with Gasteiger partial charge < -0.3 is 16.0 Å². The van der Waals surface area contributed by atoms with Crippen LogP contribution < -0.4 is 11.1 Å². The van der Waals surface area contributed by atoms with Gasteiger partial charge in [-0.1, -0.05) is 12.1 Å². The van der Waals surface area contributed by atoms with Gasteiger partial charge in [0, 0.05) is 13.6 Å². The molecule has 0 aliphatic carbocycles. The molecule has 0 amide bonds. The molecule has 1 rings (SSSR count). The Bertz CT molecular complexity index is 373. The fourth-order valence-corrected chi connectivity index (χ4v) is 1.56. The summed E-state index contributed by atoms with van der Waals surface area (Å²) in [7, 11) is 5.56. The predicted octanol–water partition coefficient (Wildman–Crippen LogP) is 0.962. The summed E-state index contributed by atoms with van der Waals surface area (Å²) in [6.07, 6.45) is 0. The van der Waals surface area contributed by atoms with Crippen molar-refractivity contribution >= 4 is 5.96 Å². The molecule has 0 bridgehead atoms. The third-order valence-corrected chi connectivity index (χ3v) is 2.60. The van der Waals surface area contributed by atoms with E-state index < -0.39 is 0 Å². The Kier molecular flexibility index (Phi) is 4.90. The number of halogens is 1. The van der Waals surface area contributed by atoms with Gasteiger partial charge in [-0.15, -0.1) is 0 Å². The highest BCUT2D eigenvalue weighted by Crippen LogP contribution is 2.17. The number of rotatable bonds is 4. The first-order valence-corrected chi connectivity index (χ1v) is 5.42. The maximum Gasteiger partial charge on any atom is 0.188 e. The van der Waals surface area contributed by atoms with Crippen molar-refractivity contribution in [1.82, 2.24) is 10.2 Å². The zero-order valence-electron chi connectivity index (χ0n) is 10.4. The van der Waals surface area contributed by atoms with E-state index in [1.54, 1.807) is 19.2 Å². The van der Waals surface area contributed by atoms with E-state index in [2.05, 4.69) is 10.3 Å². The van der Waals surface area contributed by atoms with Crippen molar-refractivity contribution in [3.8, 4) is 0 Å². The van der Waals surface area contributed by atoms with Crippen molar-refractivity contribution in [2.24, 2.45) is 10.7 Å². The molecular weight excluding hydrogens is 219 g/mol. The van der Waals surface area contributed by atoms with E-state index in [1.165, 1.54) is 12.1 Å². The van der Waals surface area contributed by atoms with E-state index >= 15 is 0 Å². The smallest absolute Gasteiger partial charge is 0.188 e. The quantitative estimate of drug-likeness (QED) is 0.607. The Morgan fingerprint density at radius 1 is 1.41 bits per heavy atom. The lowest BCUT2D eigenvalue weighted by atomic mass is 10.1. The summed E-state index contributed by atoms with van der Waals surface area (Å²) in [5.74, 6) is 0.174. The molecule has 17 heavy (non-hydrogen) atoms. The molecule has 0 radical (unpaired) electrons. The van der Waals surface area contributed by atoms with Gasteiger partial charge in [0.05, 0.1) is 6.04 Å². The van der Waals surface area contributed by atoms with Crippen molar-refractivity contribution in [3.05, 3.63) is 35.6 Å². The van der Waals surface area contributed by atoms with Gasteiger partial charge in [0.25, 0.3) is 0 Å². The lowest BCUT2D eigenvalue weighted by molar-refractivity contribution is 0.298. The van der Waals surface area contributed by atoms with Crippen LogP contribution in [0.3, 0.4) is 0 Å². The normalized spacial score (nSPS) is 13.8. The first-order chi connectivity index (χ1) is 8.04. The molecule has 1 aromatic rings. The van der Waals surface area contributed by atoms with Gasteiger partial charge in [-0.25, -0.2) is 4.39 Å². The van der Waals surface area contributed by atoms with Crippen LogP contribution in [0.15, 0.2) is 29.3 Å². The number of nitrogens with zero attached hydrogens (tertiary/aromatic N) is 2. The monoisotopic (exact) mass is 238 g/mol. The first kappa shape index (κ1) is 13.4. The molecule has 0 aromatic heterocycles. The Hall–Kier alpha value is -1.62. The van der Waals surface area contributed by atoms with E-state index in [-0.39, 0.29) is 11.9 Å². The van der Waals surface area contributed by atoms with Gasteiger partial charge in [0.1, 0.15) is 5.82 Å². The van der Waals surface area contributed by atoms with E-state index in [0.29, 0.717) is 12.5 Å². The second kappa shape index (κ2) is 6.20. The highest BCUT2D eigenvalue weighted by molar-refractivity contribution is 5.77. The molecule has 0 spiro atoms. The molecule has 0 saturated heterocycles. The van der Waals surface area contributed by atoms with Gasteiger partial charge in [0.2, 0.25) is 0 Å². The zero-order chi connectivity index (χ0) is 12.8. The molecule has 0 heterocycles. The lowest BCUT2D eigenvalue weighted by Crippen LogP contribution is -2.38. The number of hydrogen-bond acceptors (Lipinski definition) is 2. The fraction of sp³-hybridized carbons (Fsp3) is 0.417. The number of hydrogen-bond donors (Lipinski definition) is 2. The van der Waals surface area contributed by atoms with Crippen molar-refractivity contribution in [1.29, 1.82) is 0 Å². The molecular formula is C12H19FN4. The number of nitrogens with one attached hydrogen (secondary N) is 1. The van der Waals surface area contributed by atoms with Crippen LogP contribution in [0.2, 0.25) is 0 Å². The largest absolute Gasteiger partial charge is 0.370 e. The average Bonchev–Trinajstić information content (AvgIpc) is 2.31. The summed E-state index contributed by atoms with van der Waals surface area (Å²) in [4.78, 5) is 5.88. The number of nitrogens with two attached hydrogens (primary N) is 1. The summed E-state index contributed by atoms with van der Waals surface area (Å²) in [5.41, 5.74) is 6.62. The molecule has 3 N–H and O–H groups in total. The molecule has 0 saturated carbocycles. The Morgan fingerprint density at radius 3 is 2.47 bits per heavy atom. The molecule has 94 valence electrons. The van der Waals surface area contributed by atoms with Crippen LogP contribution in [0.25, 0.3) is 0 Å². The minimum absolute atomic E-state index is 0.121. The van der Waals surface area contributed by atoms with Crippen molar-refractivity contribution in [3.63, 3.8) is 0 Å². The van der Waals surface area contributed by atoms with Gasteiger partial charge in [-0.05, 0) is 31.8 Å². The lowest BCUT2D eigenvalue weighted by Gasteiger charge is -2.25. The fourth-order valence-electron chi connectivity index (χ4n) is 1.56. The number of likely N-dealkylation sites (N-methyl/N-ethyl adjacent to an activating group) is 1. The van der Waals surface area contributed by atoms with Crippen LogP contribution in [0.4, 0.5) is 4.39 Å². The summed E-state index contributed by atoms with van der Waals surface area (Å²) in [5, 5.41) is 3.02. The Labute approximate surface area is 101 Å². The topological polar surface area (TPSA) is 53.6 Å². The highest BCUT2D eigenvalue weighted by atomic mass is 19.1. The van der Waals surface area contributed by atoms with Gasteiger partial charge in [-0.3, -0.25) is 4.99 Å². The second-order valence-electron chi connectivity index (χ2n) is 4.02. The van der Waals surface area contributed by atoms with Gasteiger partial charge >= 0.3 is 0 Å². The summed E-state index contributed by atoms with van der Waals surface area (Å²) in [6.45, 7) is 0.627. The Morgan fingerprint density at radius 2 is 2.00 bits per heavy atom. The van der Waals surface area contributed by atoms with Crippen molar-refractivity contribution < 1.29 is 4.39 Å². The summed E-state index contributed by atoms with van der Waals surface area (Å²) >= 11 is 0. The maximum absolute atomic E-state index is 12.9. The number of aliphatic imine (C=N–C) groups is 1. The molecule has 0 fully saturated rings. The third kappa shape index (κ3) is 4.03. The van der Waals surface area contributed by atoms with Crippen LogP contribution in [-0.2, 0) is 0 Å². The van der Waals surface area contributed by atoms with E-state index in [1.807, 2.05) is 19.0 Å². The SMILES string of the molecule is CN=C(N)NCC(c1ccc(F)cc1)N(C)C. The van der Waals surface area contributed by atoms with Gasteiger partial charge in [0.15, 0.2) is 5.96 Å². The molecule has 0 aliphatic rings. The average molecular weight is 238 g/mol. The van der Waals surface area contributed by atoms with E-state index in [0.717, 1.165) is 5.56 Å². The Balaban J connectivity index is 2.75. The van der Waals surface area contributed by atoms with Gasteiger partial charge in [-0.2, -0.15) is 0 Å². The maximum atomic E-state index is 12.9. The summed E-state index contributed by atoms with van der Waals surface area (Å²) in [6, 6.07) is 6.60. The van der Waals surface area contributed by atoms with Crippen molar-refractivity contribution in [2.45, 2.75) is 6.04 Å². The molecule has 1 unspecified atom stereocenters. The molecule has 0 aliphatic heterocycles. The molecule has 5 heteroatoms. The van der Waals surface area contributed by atoms with E-state index in [4.69, 9.17) is 5.73 Å². The third-order valence-electron chi connectivity index (χ3n) is 2.60. The zero-order valence-corrected chi connectivity index (χ0v) is 10.4. The van der Waals surface area contributed by atoms with Crippen LogP contribution in [0.5, 0.6) is 0 Å². The molecule has 4 nitrogen and oxygen atoms in total. The van der Waals surface area contributed by atoms with Crippen LogP contribution in [0, 0.1) is 5.82 Å². The minimum atomic E-state index is -0.228. The second-order valence-corrected chi connectivity index (χ2v) is 4.02. The van der Waals surface area contributed by atoms with E-state index in [9.17, 15) is 4.39 Å². The number of guanidine groups is 1. The van der Waals surface area contributed by atoms with Crippen LogP contribution in [0.1, 0.15) is 11.6 Å². The minimum Gasteiger partial charge on any atom is -0.370 e. The van der Waals surface area contributed by atoms with Crippen molar-refractivity contribution in [2.75, 3.05) is 27.7 Å².